The fourth-order valence-corrected chi connectivity index (χ4v) is 2.39. The average Bonchev–Trinajstić information content (AvgIpc) is 2.36. The molecule has 2 rings (SSSR count). The molecule has 0 atom stereocenters. The Morgan fingerprint density at radius 1 is 1.42 bits per heavy atom. The van der Waals surface area contributed by atoms with Crippen LogP contribution in [0.4, 0.5) is 4.39 Å². The summed E-state index contributed by atoms with van der Waals surface area (Å²) < 4.78 is 18.0. The monoisotopic (exact) mass is 280 g/mol. The van der Waals surface area contributed by atoms with Crippen LogP contribution in [0.3, 0.4) is 0 Å². The summed E-state index contributed by atoms with van der Waals surface area (Å²) in [6.45, 7) is 0.289. The summed E-state index contributed by atoms with van der Waals surface area (Å²) in [5.41, 5.74) is 1.20. The molecule has 1 N–H and O–H groups in total. The molecule has 0 fully saturated rings. The molecule has 0 aliphatic carbocycles. The highest BCUT2D eigenvalue weighted by atomic mass is 32.2. The highest BCUT2D eigenvalue weighted by Gasteiger charge is 2.03. The molecule has 0 aliphatic heterocycles. The SMILES string of the molecule is COCc1cc(=O)[nH]c(SCc2cccc(F)c2)n1. The van der Waals surface area contributed by atoms with Gasteiger partial charge in [0.2, 0.25) is 0 Å². The molecule has 0 saturated carbocycles. The van der Waals surface area contributed by atoms with Crippen LogP contribution in [0.15, 0.2) is 40.3 Å². The van der Waals surface area contributed by atoms with E-state index in [1.165, 1.54) is 30.0 Å². The fourth-order valence-electron chi connectivity index (χ4n) is 1.55. The molecule has 6 heteroatoms. The van der Waals surface area contributed by atoms with Crippen molar-refractivity contribution >= 4 is 11.8 Å². The lowest BCUT2D eigenvalue weighted by Gasteiger charge is -2.04. The van der Waals surface area contributed by atoms with E-state index >= 15 is 0 Å². The minimum absolute atomic E-state index is 0.219. The summed E-state index contributed by atoms with van der Waals surface area (Å²) in [4.78, 5) is 18.3. The van der Waals surface area contributed by atoms with Gasteiger partial charge in [-0.05, 0) is 17.7 Å². The molecule has 0 unspecified atom stereocenters. The first-order chi connectivity index (χ1) is 9.17. The number of hydrogen-bond donors (Lipinski definition) is 1. The summed E-state index contributed by atoms with van der Waals surface area (Å²) in [5.74, 6) is 0.268. The molecule has 4 nitrogen and oxygen atoms in total. The van der Waals surface area contributed by atoms with Crippen LogP contribution in [0.5, 0.6) is 0 Å². The van der Waals surface area contributed by atoms with Gasteiger partial charge < -0.3 is 9.72 Å². The maximum Gasteiger partial charge on any atom is 0.251 e. The quantitative estimate of drug-likeness (QED) is 0.674. The maximum atomic E-state index is 13.0. The van der Waals surface area contributed by atoms with Crippen molar-refractivity contribution < 1.29 is 9.13 Å². The van der Waals surface area contributed by atoms with E-state index in [0.717, 1.165) is 5.56 Å². The third kappa shape index (κ3) is 4.18. The molecule has 0 radical (unpaired) electrons. The summed E-state index contributed by atoms with van der Waals surface area (Å²) in [6.07, 6.45) is 0. The number of H-pyrrole nitrogens is 1. The van der Waals surface area contributed by atoms with Crippen molar-refractivity contribution in [2.75, 3.05) is 7.11 Å². The largest absolute Gasteiger partial charge is 0.378 e. The van der Waals surface area contributed by atoms with Crippen molar-refractivity contribution in [3.05, 3.63) is 57.8 Å². The molecule has 100 valence electrons. The van der Waals surface area contributed by atoms with Crippen LogP contribution in [0.1, 0.15) is 11.3 Å². The van der Waals surface area contributed by atoms with E-state index < -0.39 is 0 Å². The third-order valence-corrected chi connectivity index (χ3v) is 3.27. The highest BCUT2D eigenvalue weighted by molar-refractivity contribution is 7.98. The number of aromatic amines is 1. The second-order valence-electron chi connectivity index (χ2n) is 3.89. The predicted molar refractivity (Wildman–Crippen MR) is 71.5 cm³/mol. The van der Waals surface area contributed by atoms with E-state index in [-0.39, 0.29) is 18.0 Å². The second-order valence-corrected chi connectivity index (χ2v) is 4.86. The van der Waals surface area contributed by atoms with Gasteiger partial charge in [-0.25, -0.2) is 9.37 Å². The Morgan fingerprint density at radius 2 is 2.26 bits per heavy atom. The van der Waals surface area contributed by atoms with E-state index in [1.54, 1.807) is 13.2 Å². The van der Waals surface area contributed by atoms with Crippen LogP contribution in [0.2, 0.25) is 0 Å². The highest BCUT2D eigenvalue weighted by Crippen LogP contribution is 2.18. The van der Waals surface area contributed by atoms with Crippen molar-refractivity contribution in [3.63, 3.8) is 0 Å². The molecule has 1 aromatic carbocycles. The summed E-state index contributed by atoms with van der Waals surface area (Å²) in [5, 5.41) is 0.504. The number of nitrogens with zero attached hydrogens (tertiary/aromatic N) is 1. The summed E-state index contributed by atoms with van der Waals surface area (Å²) in [7, 11) is 1.54. The Balaban J connectivity index is 2.09. The molecular formula is C13H13FN2O2S. The zero-order chi connectivity index (χ0) is 13.7. The molecule has 0 aliphatic rings. The van der Waals surface area contributed by atoms with Crippen molar-refractivity contribution in [1.82, 2.24) is 9.97 Å². The topological polar surface area (TPSA) is 55.0 Å². The predicted octanol–water partition coefficient (Wildman–Crippen LogP) is 2.35. The first-order valence-electron chi connectivity index (χ1n) is 5.64. The van der Waals surface area contributed by atoms with E-state index in [0.29, 0.717) is 16.6 Å². The first kappa shape index (κ1) is 13.8. The number of aromatic nitrogens is 2. The Kier molecular flexibility index (Phi) is 4.70. The maximum absolute atomic E-state index is 13.0. The summed E-state index contributed by atoms with van der Waals surface area (Å²) in [6, 6.07) is 7.74. The number of rotatable bonds is 5. The van der Waals surface area contributed by atoms with Crippen LogP contribution in [0, 0.1) is 5.82 Å². The Hall–Kier alpha value is -1.66. The molecule has 0 saturated heterocycles. The lowest BCUT2D eigenvalue weighted by atomic mass is 10.2. The molecule has 2 aromatic rings. The molecule has 1 heterocycles. The van der Waals surface area contributed by atoms with Gasteiger partial charge in [-0.1, -0.05) is 23.9 Å². The normalized spacial score (nSPS) is 10.6. The van der Waals surface area contributed by atoms with Crippen molar-refractivity contribution in [3.8, 4) is 0 Å². The van der Waals surface area contributed by atoms with Gasteiger partial charge in [0.1, 0.15) is 5.82 Å². The van der Waals surface area contributed by atoms with Crippen LogP contribution in [-0.2, 0) is 17.1 Å². The van der Waals surface area contributed by atoms with Crippen molar-refractivity contribution in [1.29, 1.82) is 0 Å². The molecule has 0 amide bonds. The lowest BCUT2D eigenvalue weighted by Crippen LogP contribution is -2.10. The molecule has 0 spiro atoms. The number of halogens is 1. The van der Waals surface area contributed by atoms with Gasteiger partial charge in [0.05, 0.1) is 12.3 Å². The molecule has 0 bridgehead atoms. The molecule has 19 heavy (non-hydrogen) atoms. The fraction of sp³-hybridized carbons (Fsp3) is 0.231. The number of benzene rings is 1. The van der Waals surface area contributed by atoms with E-state index in [1.807, 2.05) is 6.07 Å². The number of methoxy groups -OCH3 is 1. The van der Waals surface area contributed by atoms with Crippen LogP contribution in [0.25, 0.3) is 0 Å². The van der Waals surface area contributed by atoms with Gasteiger partial charge >= 0.3 is 0 Å². The minimum Gasteiger partial charge on any atom is -0.378 e. The molecule has 1 aromatic heterocycles. The zero-order valence-corrected chi connectivity index (χ0v) is 11.2. The number of ether oxygens (including phenoxy) is 1. The van der Waals surface area contributed by atoms with Gasteiger partial charge in [0.15, 0.2) is 5.16 Å². The van der Waals surface area contributed by atoms with Gasteiger partial charge in [-0.15, -0.1) is 0 Å². The van der Waals surface area contributed by atoms with Gasteiger partial charge in [-0.2, -0.15) is 0 Å². The Morgan fingerprint density at radius 3 is 3.00 bits per heavy atom. The van der Waals surface area contributed by atoms with Gasteiger partial charge in [0.25, 0.3) is 5.56 Å². The van der Waals surface area contributed by atoms with E-state index in [4.69, 9.17) is 4.74 Å². The standard InChI is InChI=1S/C13H13FN2O2S/c1-18-7-11-6-12(17)16-13(15-11)19-8-9-3-2-4-10(14)5-9/h2-6H,7-8H2,1H3,(H,15,16,17). The Labute approximate surface area is 114 Å². The first-order valence-corrected chi connectivity index (χ1v) is 6.62. The number of nitrogens with one attached hydrogen (secondary N) is 1. The smallest absolute Gasteiger partial charge is 0.251 e. The second kappa shape index (κ2) is 6.49. The zero-order valence-electron chi connectivity index (χ0n) is 10.4. The number of thioether (sulfide) groups is 1. The van der Waals surface area contributed by atoms with Gasteiger partial charge in [-0.3, -0.25) is 4.79 Å². The van der Waals surface area contributed by atoms with Gasteiger partial charge in [0, 0.05) is 18.9 Å². The summed E-state index contributed by atoms with van der Waals surface area (Å²) >= 11 is 1.35. The Bertz CT molecular complexity index is 616. The average molecular weight is 280 g/mol. The third-order valence-electron chi connectivity index (χ3n) is 2.33. The van der Waals surface area contributed by atoms with Crippen LogP contribution < -0.4 is 5.56 Å². The van der Waals surface area contributed by atoms with E-state index in [2.05, 4.69) is 9.97 Å². The minimum atomic E-state index is -0.271. The van der Waals surface area contributed by atoms with Crippen LogP contribution in [-0.4, -0.2) is 17.1 Å². The van der Waals surface area contributed by atoms with Crippen molar-refractivity contribution in [2.45, 2.75) is 17.5 Å². The molecular weight excluding hydrogens is 267 g/mol. The van der Waals surface area contributed by atoms with Crippen LogP contribution >= 0.6 is 11.8 Å². The lowest BCUT2D eigenvalue weighted by molar-refractivity contribution is 0.180. The van der Waals surface area contributed by atoms with Crippen molar-refractivity contribution in [2.24, 2.45) is 0 Å². The number of hydrogen-bond acceptors (Lipinski definition) is 4. The van der Waals surface area contributed by atoms with E-state index in [9.17, 15) is 9.18 Å².